The Morgan fingerprint density at radius 1 is 1.50 bits per heavy atom. The molecule has 0 spiro atoms. The normalized spacial score (nSPS) is 26.5. The van der Waals surface area contributed by atoms with Crippen molar-refractivity contribution in [3.63, 3.8) is 0 Å². The molecule has 0 radical (unpaired) electrons. The molecule has 0 unspecified atom stereocenters. The van der Waals surface area contributed by atoms with E-state index < -0.39 is 28.0 Å². The van der Waals surface area contributed by atoms with Crippen LogP contribution in [-0.2, 0) is 4.79 Å². The fourth-order valence-electron chi connectivity index (χ4n) is 1.75. The Hall–Kier alpha value is -0.320. The Morgan fingerprint density at radius 2 is 2.12 bits per heavy atom. The maximum absolute atomic E-state index is 13.3. The van der Waals surface area contributed by atoms with Crippen molar-refractivity contribution in [2.45, 2.75) is 10.3 Å². The van der Waals surface area contributed by atoms with Gasteiger partial charge in [-0.15, -0.1) is 0 Å². The van der Waals surface area contributed by atoms with Gasteiger partial charge in [0.05, 0.1) is 10.4 Å². The maximum atomic E-state index is 13.3. The molecule has 0 amide bonds. The number of halogens is 4. The lowest BCUT2D eigenvalue weighted by Crippen LogP contribution is -2.03. The van der Waals surface area contributed by atoms with Gasteiger partial charge in [-0.25, -0.2) is 4.39 Å². The van der Waals surface area contributed by atoms with Crippen molar-refractivity contribution in [1.29, 1.82) is 0 Å². The van der Waals surface area contributed by atoms with E-state index >= 15 is 0 Å². The number of alkyl halides is 2. The zero-order valence-corrected chi connectivity index (χ0v) is 10.9. The van der Waals surface area contributed by atoms with Crippen molar-refractivity contribution in [2.24, 2.45) is 5.92 Å². The van der Waals surface area contributed by atoms with Crippen LogP contribution >= 0.6 is 39.1 Å². The first kappa shape index (κ1) is 12.1. The summed E-state index contributed by atoms with van der Waals surface area (Å²) in [6.45, 7) is 0. The molecule has 1 saturated carbocycles. The van der Waals surface area contributed by atoms with E-state index in [0.29, 0.717) is 10.0 Å². The number of carboxylic acid groups (broad SMARTS) is 1. The Balaban J connectivity index is 2.33. The summed E-state index contributed by atoms with van der Waals surface area (Å²) in [5.41, 5.74) is 0.498. The highest BCUT2D eigenvalue weighted by molar-refractivity contribution is 9.10. The van der Waals surface area contributed by atoms with Gasteiger partial charge in [-0.3, -0.25) is 4.79 Å². The number of carboxylic acids is 1. The van der Waals surface area contributed by atoms with Crippen LogP contribution in [0, 0.1) is 11.7 Å². The van der Waals surface area contributed by atoms with Gasteiger partial charge in [0.25, 0.3) is 0 Å². The van der Waals surface area contributed by atoms with Crippen LogP contribution in [0.4, 0.5) is 4.39 Å². The second-order valence-corrected chi connectivity index (χ2v) is 5.94. The van der Waals surface area contributed by atoms with Crippen LogP contribution in [0.2, 0.25) is 0 Å². The molecule has 0 saturated heterocycles. The highest BCUT2D eigenvalue weighted by Crippen LogP contribution is 2.65. The van der Waals surface area contributed by atoms with Crippen LogP contribution in [0.25, 0.3) is 0 Å². The summed E-state index contributed by atoms with van der Waals surface area (Å²) >= 11 is 14.7. The Morgan fingerprint density at radius 3 is 2.56 bits per heavy atom. The number of aliphatic carboxylic acids is 1. The van der Waals surface area contributed by atoms with Crippen molar-refractivity contribution in [3.8, 4) is 0 Å². The SMILES string of the molecule is O=C(O)[C@H]1[C@H](c2ccc(Br)c(F)c2)C1(Cl)Cl. The van der Waals surface area contributed by atoms with E-state index in [2.05, 4.69) is 15.9 Å². The third-order valence-electron chi connectivity index (χ3n) is 2.62. The van der Waals surface area contributed by atoms with Crippen molar-refractivity contribution in [3.05, 3.63) is 34.1 Å². The largest absolute Gasteiger partial charge is 0.481 e. The summed E-state index contributed by atoms with van der Waals surface area (Å²) in [4.78, 5) is 10.8. The molecule has 0 aromatic heterocycles. The molecule has 2 nitrogen and oxygen atoms in total. The first-order valence-corrected chi connectivity index (χ1v) is 5.96. The van der Waals surface area contributed by atoms with Crippen LogP contribution in [0.3, 0.4) is 0 Å². The summed E-state index contributed by atoms with van der Waals surface area (Å²) < 4.78 is 12.2. The Labute approximate surface area is 109 Å². The zero-order valence-electron chi connectivity index (χ0n) is 7.75. The maximum Gasteiger partial charge on any atom is 0.310 e. The van der Waals surface area contributed by atoms with Gasteiger partial charge >= 0.3 is 5.97 Å². The summed E-state index contributed by atoms with van der Waals surface area (Å²) in [5.74, 6) is -2.97. The van der Waals surface area contributed by atoms with Gasteiger partial charge in [-0.1, -0.05) is 29.3 Å². The molecule has 1 aliphatic carbocycles. The van der Waals surface area contributed by atoms with Gasteiger partial charge in [-0.2, -0.15) is 0 Å². The smallest absolute Gasteiger partial charge is 0.310 e. The molecule has 16 heavy (non-hydrogen) atoms. The standard InChI is InChI=1S/C10H6BrCl2FO2/c11-5-2-1-4(3-6(5)14)7-8(9(15)16)10(7,12)13/h1-3,7-8H,(H,15,16)/t7-,8+/m0/s1. The number of benzene rings is 1. The van der Waals surface area contributed by atoms with Crippen LogP contribution in [-0.4, -0.2) is 15.4 Å². The summed E-state index contributed by atoms with van der Waals surface area (Å²) in [5, 5.41) is 8.87. The molecule has 6 heteroatoms. The van der Waals surface area contributed by atoms with E-state index in [1.807, 2.05) is 0 Å². The molecular formula is C10H6BrCl2FO2. The number of carbonyl (C=O) groups is 1. The van der Waals surface area contributed by atoms with Crippen molar-refractivity contribution in [1.82, 2.24) is 0 Å². The van der Waals surface area contributed by atoms with Gasteiger partial charge in [0.1, 0.15) is 10.2 Å². The minimum absolute atomic E-state index is 0.318. The first-order chi connectivity index (χ1) is 7.35. The van der Waals surface area contributed by atoms with E-state index in [1.54, 1.807) is 6.07 Å². The number of hydrogen-bond donors (Lipinski definition) is 1. The quantitative estimate of drug-likeness (QED) is 0.843. The van der Waals surface area contributed by atoms with Gasteiger partial charge in [0.2, 0.25) is 0 Å². The fraction of sp³-hybridized carbons (Fsp3) is 0.300. The van der Waals surface area contributed by atoms with Crippen molar-refractivity contribution >= 4 is 45.1 Å². The predicted octanol–water partition coefficient (Wildman–Crippen LogP) is 3.56. The van der Waals surface area contributed by atoms with Gasteiger partial charge in [-0.05, 0) is 33.6 Å². The molecule has 0 heterocycles. The molecule has 0 aliphatic heterocycles. The second kappa shape index (κ2) is 3.86. The van der Waals surface area contributed by atoms with E-state index in [9.17, 15) is 9.18 Å². The van der Waals surface area contributed by atoms with Gasteiger partial charge in [0.15, 0.2) is 0 Å². The third kappa shape index (κ3) is 1.83. The minimum Gasteiger partial charge on any atom is -0.481 e. The second-order valence-electron chi connectivity index (χ2n) is 3.64. The molecule has 1 aliphatic rings. The lowest BCUT2D eigenvalue weighted by molar-refractivity contribution is -0.138. The lowest BCUT2D eigenvalue weighted by atomic mass is 10.1. The molecule has 1 fully saturated rings. The lowest BCUT2D eigenvalue weighted by Gasteiger charge is -2.01. The molecule has 0 bridgehead atoms. The van der Waals surface area contributed by atoms with Crippen molar-refractivity contribution < 1.29 is 14.3 Å². The zero-order chi connectivity index (χ0) is 12.1. The Bertz CT molecular complexity index is 464. The molecule has 1 N–H and O–H groups in total. The fourth-order valence-corrected chi connectivity index (χ4v) is 2.82. The van der Waals surface area contributed by atoms with Crippen LogP contribution in [0.15, 0.2) is 22.7 Å². The van der Waals surface area contributed by atoms with Crippen LogP contribution in [0.5, 0.6) is 0 Å². The molecule has 2 rings (SSSR count). The van der Waals surface area contributed by atoms with Gasteiger partial charge in [0, 0.05) is 5.92 Å². The molecule has 1 aromatic rings. The van der Waals surface area contributed by atoms with Crippen LogP contribution < -0.4 is 0 Å². The number of hydrogen-bond acceptors (Lipinski definition) is 1. The molecule has 86 valence electrons. The topological polar surface area (TPSA) is 37.3 Å². The van der Waals surface area contributed by atoms with Gasteiger partial charge < -0.3 is 5.11 Å². The van der Waals surface area contributed by atoms with E-state index in [0.717, 1.165) is 0 Å². The molecule has 2 atom stereocenters. The predicted molar refractivity (Wildman–Crippen MR) is 62.4 cm³/mol. The van der Waals surface area contributed by atoms with E-state index in [-0.39, 0.29) is 0 Å². The molecular weight excluding hydrogens is 322 g/mol. The monoisotopic (exact) mass is 326 g/mol. The Kier molecular flexibility index (Phi) is 2.93. The summed E-state index contributed by atoms with van der Waals surface area (Å²) in [6.07, 6.45) is 0. The average Bonchev–Trinajstić information content (AvgIpc) is 2.74. The van der Waals surface area contributed by atoms with E-state index in [4.69, 9.17) is 28.3 Å². The number of rotatable bonds is 2. The molecule has 1 aromatic carbocycles. The van der Waals surface area contributed by atoms with Crippen molar-refractivity contribution in [2.75, 3.05) is 0 Å². The third-order valence-corrected chi connectivity index (χ3v) is 4.21. The first-order valence-electron chi connectivity index (χ1n) is 4.41. The minimum atomic E-state index is -1.34. The average molecular weight is 328 g/mol. The van der Waals surface area contributed by atoms with E-state index in [1.165, 1.54) is 12.1 Å². The summed E-state index contributed by atoms with van der Waals surface area (Å²) in [7, 11) is 0. The summed E-state index contributed by atoms with van der Waals surface area (Å²) in [6, 6.07) is 4.36. The highest BCUT2D eigenvalue weighted by atomic mass is 79.9. The van der Waals surface area contributed by atoms with Crippen LogP contribution in [0.1, 0.15) is 11.5 Å². The highest BCUT2D eigenvalue weighted by Gasteiger charge is 2.68.